The number of hydrogen-bond donors (Lipinski definition) is 0. The summed E-state index contributed by atoms with van der Waals surface area (Å²) in [6.45, 7) is 3.65. The van der Waals surface area contributed by atoms with Gasteiger partial charge in [-0.3, -0.25) is 0 Å². The summed E-state index contributed by atoms with van der Waals surface area (Å²) in [7, 11) is 0. The van der Waals surface area contributed by atoms with Crippen molar-refractivity contribution in [2.75, 3.05) is 0 Å². The average molecular weight is 385 g/mol. The SMILES string of the molecule is Cc1cc(-c2nnc(/C(Cl)=C/c3ccc(-c4ccccc4F)o3)o2)c(C)o1. The zero-order valence-electron chi connectivity index (χ0n) is 14.5. The normalized spacial score (nSPS) is 11.9. The molecular formula is C20H14ClFN2O3. The maximum absolute atomic E-state index is 13.9. The highest BCUT2D eigenvalue weighted by Crippen LogP contribution is 2.30. The molecule has 27 heavy (non-hydrogen) atoms. The van der Waals surface area contributed by atoms with E-state index in [1.54, 1.807) is 30.3 Å². The van der Waals surface area contributed by atoms with Crippen molar-refractivity contribution in [1.82, 2.24) is 10.2 Å². The van der Waals surface area contributed by atoms with Crippen LogP contribution < -0.4 is 0 Å². The zero-order valence-corrected chi connectivity index (χ0v) is 15.2. The van der Waals surface area contributed by atoms with Gasteiger partial charge in [0, 0.05) is 6.08 Å². The summed E-state index contributed by atoms with van der Waals surface area (Å²) < 4.78 is 30.6. The van der Waals surface area contributed by atoms with E-state index in [2.05, 4.69) is 10.2 Å². The fourth-order valence-corrected chi connectivity index (χ4v) is 2.88. The van der Waals surface area contributed by atoms with Gasteiger partial charge in [-0.25, -0.2) is 4.39 Å². The second kappa shape index (κ2) is 6.89. The van der Waals surface area contributed by atoms with Crippen molar-refractivity contribution in [3.63, 3.8) is 0 Å². The second-order valence-electron chi connectivity index (χ2n) is 5.91. The van der Waals surface area contributed by atoms with Crippen LogP contribution in [0, 0.1) is 19.7 Å². The molecule has 0 amide bonds. The van der Waals surface area contributed by atoms with E-state index in [-0.39, 0.29) is 16.7 Å². The van der Waals surface area contributed by atoms with E-state index in [1.165, 1.54) is 12.1 Å². The summed E-state index contributed by atoms with van der Waals surface area (Å²) in [6.07, 6.45) is 1.54. The predicted molar refractivity (Wildman–Crippen MR) is 99.3 cm³/mol. The molecule has 0 spiro atoms. The van der Waals surface area contributed by atoms with Crippen LogP contribution in [0.25, 0.3) is 33.9 Å². The molecule has 0 atom stereocenters. The lowest BCUT2D eigenvalue weighted by Crippen LogP contribution is -1.80. The van der Waals surface area contributed by atoms with E-state index >= 15 is 0 Å². The van der Waals surface area contributed by atoms with E-state index in [0.717, 1.165) is 11.3 Å². The van der Waals surface area contributed by atoms with Crippen LogP contribution in [0.15, 0.2) is 55.7 Å². The second-order valence-corrected chi connectivity index (χ2v) is 6.32. The molecule has 5 nitrogen and oxygen atoms in total. The summed E-state index contributed by atoms with van der Waals surface area (Å²) >= 11 is 6.28. The molecule has 136 valence electrons. The van der Waals surface area contributed by atoms with Gasteiger partial charge >= 0.3 is 0 Å². The van der Waals surface area contributed by atoms with Crippen molar-refractivity contribution in [1.29, 1.82) is 0 Å². The molecule has 0 bridgehead atoms. The van der Waals surface area contributed by atoms with Crippen LogP contribution in [0.3, 0.4) is 0 Å². The van der Waals surface area contributed by atoms with Crippen LogP contribution in [0.1, 0.15) is 23.2 Å². The molecule has 4 aromatic rings. The average Bonchev–Trinajstić information content (AvgIpc) is 3.35. The minimum Gasteiger partial charge on any atom is -0.466 e. The highest BCUT2D eigenvalue weighted by molar-refractivity contribution is 6.50. The monoisotopic (exact) mass is 384 g/mol. The van der Waals surface area contributed by atoms with Gasteiger partial charge in [0.1, 0.15) is 33.9 Å². The Labute approximate surface area is 159 Å². The third-order valence-electron chi connectivity index (χ3n) is 3.94. The Morgan fingerprint density at radius 1 is 1.00 bits per heavy atom. The van der Waals surface area contributed by atoms with Gasteiger partial charge in [-0.15, -0.1) is 10.2 Å². The van der Waals surface area contributed by atoms with Gasteiger partial charge < -0.3 is 13.3 Å². The van der Waals surface area contributed by atoms with Gasteiger partial charge in [0.05, 0.1) is 11.1 Å². The van der Waals surface area contributed by atoms with E-state index < -0.39 is 0 Å². The lowest BCUT2D eigenvalue weighted by atomic mass is 10.1. The van der Waals surface area contributed by atoms with Gasteiger partial charge in [-0.1, -0.05) is 23.7 Å². The number of benzene rings is 1. The standard InChI is InChI=1S/C20H14ClFN2O3/c1-11-9-15(12(2)25-11)19-23-24-20(27-19)16(21)10-13-7-8-18(26-13)14-5-3-4-6-17(14)22/h3-10H,1-2H3/b16-10-. The first-order valence-corrected chi connectivity index (χ1v) is 8.52. The van der Waals surface area contributed by atoms with Crippen LogP contribution in [0.4, 0.5) is 4.39 Å². The van der Waals surface area contributed by atoms with E-state index in [0.29, 0.717) is 28.7 Å². The van der Waals surface area contributed by atoms with Gasteiger partial charge in [0.2, 0.25) is 0 Å². The molecule has 7 heteroatoms. The van der Waals surface area contributed by atoms with Gasteiger partial charge in [-0.2, -0.15) is 0 Å². The number of aryl methyl sites for hydroxylation is 2. The lowest BCUT2D eigenvalue weighted by molar-refractivity contribution is 0.502. The molecule has 0 aliphatic rings. The van der Waals surface area contributed by atoms with Crippen molar-refractivity contribution >= 4 is 22.7 Å². The Morgan fingerprint density at radius 2 is 1.81 bits per heavy atom. The summed E-state index contributed by atoms with van der Waals surface area (Å²) in [4.78, 5) is 0. The third-order valence-corrected chi connectivity index (χ3v) is 4.21. The molecular weight excluding hydrogens is 371 g/mol. The Morgan fingerprint density at radius 3 is 2.56 bits per heavy atom. The van der Waals surface area contributed by atoms with Crippen LogP contribution >= 0.6 is 11.6 Å². The van der Waals surface area contributed by atoms with E-state index in [1.807, 2.05) is 19.9 Å². The first-order chi connectivity index (χ1) is 13.0. The van der Waals surface area contributed by atoms with Crippen LogP contribution in [-0.4, -0.2) is 10.2 Å². The molecule has 1 aromatic carbocycles. The van der Waals surface area contributed by atoms with Crippen molar-refractivity contribution in [3.05, 3.63) is 71.5 Å². The third kappa shape index (κ3) is 3.44. The zero-order chi connectivity index (χ0) is 19.0. The largest absolute Gasteiger partial charge is 0.466 e. The van der Waals surface area contributed by atoms with Crippen molar-refractivity contribution in [3.8, 4) is 22.8 Å². The quantitative estimate of drug-likeness (QED) is 0.426. The molecule has 3 aromatic heterocycles. The minimum absolute atomic E-state index is 0.147. The number of aromatic nitrogens is 2. The number of nitrogens with zero attached hydrogens (tertiary/aromatic N) is 2. The maximum atomic E-state index is 13.9. The van der Waals surface area contributed by atoms with E-state index in [9.17, 15) is 4.39 Å². The predicted octanol–water partition coefficient (Wildman–Crippen LogP) is 6.08. The van der Waals surface area contributed by atoms with Gasteiger partial charge in [0.15, 0.2) is 0 Å². The molecule has 0 N–H and O–H groups in total. The molecule has 0 aliphatic carbocycles. The maximum Gasteiger partial charge on any atom is 0.259 e. The van der Waals surface area contributed by atoms with Crippen LogP contribution in [-0.2, 0) is 0 Å². The topological polar surface area (TPSA) is 65.2 Å². The number of rotatable bonds is 4. The van der Waals surface area contributed by atoms with Crippen molar-refractivity contribution in [2.45, 2.75) is 13.8 Å². The Kier molecular flexibility index (Phi) is 4.41. The van der Waals surface area contributed by atoms with Gasteiger partial charge in [-0.05, 0) is 44.2 Å². The number of halogens is 2. The molecule has 0 fully saturated rings. The lowest BCUT2D eigenvalue weighted by Gasteiger charge is -1.98. The molecule has 4 rings (SSSR count). The molecule has 0 aliphatic heterocycles. The highest BCUT2D eigenvalue weighted by atomic mass is 35.5. The van der Waals surface area contributed by atoms with Crippen molar-refractivity contribution in [2.24, 2.45) is 0 Å². The van der Waals surface area contributed by atoms with Crippen LogP contribution in [0.2, 0.25) is 0 Å². The first-order valence-electron chi connectivity index (χ1n) is 8.14. The highest BCUT2D eigenvalue weighted by Gasteiger charge is 2.16. The molecule has 0 unspecified atom stereocenters. The Balaban J connectivity index is 1.60. The van der Waals surface area contributed by atoms with Crippen LogP contribution in [0.5, 0.6) is 0 Å². The smallest absolute Gasteiger partial charge is 0.259 e. The molecule has 0 radical (unpaired) electrons. The fourth-order valence-electron chi connectivity index (χ4n) is 2.69. The number of hydrogen-bond acceptors (Lipinski definition) is 5. The van der Waals surface area contributed by atoms with E-state index in [4.69, 9.17) is 24.9 Å². The minimum atomic E-state index is -0.360. The number of furan rings is 2. The summed E-state index contributed by atoms with van der Waals surface area (Å²) in [5.41, 5.74) is 1.09. The Hall–Kier alpha value is -3.12. The van der Waals surface area contributed by atoms with Gasteiger partial charge in [0.25, 0.3) is 11.8 Å². The summed E-state index contributed by atoms with van der Waals surface area (Å²) in [5, 5.41) is 8.17. The first kappa shape index (κ1) is 17.3. The fraction of sp³-hybridized carbons (Fsp3) is 0.100. The summed E-state index contributed by atoms with van der Waals surface area (Å²) in [5.74, 6) is 2.38. The Bertz CT molecular complexity index is 1140. The summed E-state index contributed by atoms with van der Waals surface area (Å²) in [6, 6.07) is 11.6. The molecule has 0 saturated carbocycles. The molecule has 0 saturated heterocycles. The molecule has 3 heterocycles. The van der Waals surface area contributed by atoms with Crippen molar-refractivity contribution < 1.29 is 17.6 Å².